The maximum atomic E-state index is 12.6. The molecule has 1 aliphatic rings. The minimum atomic E-state index is -0.268. The van der Waals surface area contributed by atoms with Crippen molar-refractivity contribution in [2.45, 2.75) is 39.7 Å². The fourth-order valence-electron chi connectivity index (χ4n) is 3.51. The van der Waals surface area contributed by atoms with Crippen molar-refractivity contribution >= 4 is 23.5 Å². The molecule has 0 saturated heterocycles. The first-order valence-electron chi connectivity index (χ1n) is 9.96. The number of nitrogens with zero attached hydrogens (tertiary/aromatic N) is 5. The lowest BCUT2D eigenvalue weighted by atomic mass is 10.1. The Hall–Kier alpha value is -3.62. The van der Waals surface area contributed by atoms with Crippen molar-refractivity contribution in [3.05, 3.63) is 47.9 Å². The van der Waals surface area contributed by atoms with Crippen LogP contribution >= 0.6 is 0 Å². The fourth-order valence-corrected chi connectivity index (χ4v) is 3.51. The third kappa shape index (κ3) is 4.35. The number of anilines is 2. The van der Waals surface area contributed by atoms with E-state index in [0.29, 0.717) is 18.1 Å². The number of hydrogen-bond donors (Lipinski definition) is 1. The number of carbonyl (C=O) groups is 2. The molecule has 3 aromatic heterocycles. The van der Waals surface area contributed by atoms with E-state index in [-0.39, 0.29) is 24.7 Å². The van der Waals surface area contributed by atoms with Crippen LogP contribution in [0.15, 0.2) is 36.7 Å². The van der Waals surface area contributed by atoms with Crippen molar-refractivity contribution in [1.29, 1.82) is 0 Å². The van der Waals surface area contributed by atoms with E-state index < -0.39 is 0 Å². The van der Waals surface area contributed by atoms with Gasteiger partial charge in [0.05, 0.1) is 17.0 Å². The van der Waals surface area contributed by atoms with Crippen LogP contribution in [0.5, 0.6) is 0 Å². The molecule has 0 bridgehead atoms. The molecule has 0 aromatic carbocycles. The summed E-state index contributed by atoms with van der Waals surface area (Å²) in [6.07, 6.45) is 4.80. The standard InChI is InChI=1S/C21H23N7O2/c1-14-10-16(13-22-12-14)17-4-5-18(25-24-17)23-19(29)6-7-21(30)27-8-3-9-28-20(27)11-15(2)26-28/h4-5,10-13H,3,6-9H2,1-2H3,(H,23,25,29)/p+1. The van der Waals surface area contributed by atoms with Gasteiger partial charge in [0.15, 0.2) is 18.2 Å². The van der Waals surface area contributed by atoms with Crippen LogP contribution in [-0.4, -0.2) is 38.3 Å². The van der Waals surface area contributed by atoms with Crippen LogP contribution in [0.1, 0.15) is 30.5 Å². The van der Waals surface area contributed by atoms with Gasteiger partial charge in [-0.05, 0) is 38.5 Å². The molecule has 154 valence electrons. The molecule has 30 heavy (non-hydrogen) atoms. The monoisotopic (exact) mass is 406 g/mol. The minimum Gasteiger partial charge on any atom is -0.309 e. The maximum absolute atomic E-state index is 12.6. The summed E-state index contributed by atoms with van der Waals surface area (Å²) in [5.41, 5.74) is 3.60. The Balaban J connectivity index is 1.32. The largest absolute Gasteiger partial charge is 0.309 e. The number of fused-ring (bicyclic) bond motifs is 1. The molecule has 0 aliphatic carbocycles. The van der Waals surface area contributed by atoms with Gasteiger partial charge in [-0.3, -0.25) is 14.5 Å². The first-order chi connectivity index (χ1) is 14.5. The van der Waals surface area contributed by atoms with Gasteiger partial charge >= 0.3 is 0 Å². The molecule has 1 aliphatic heterocycles. The number of rotatable bonds is 5. The Morgan fingerprint density at radius 3 is 2.73 bits per heavy atom. The molecule has 0 unspecified atom stereocenters. The number of amides is 2. The van der Waals surface area contributed by atoms with Gasteiger partial charge in [0.1, 0.15) is 5.82 Å². The highest BCUT2D eigenvalue weighted by molar-refractivity contribution is 5.97. The van der Waals surface area contributed by atoms with Crippen LogP contribution in [0.25, 0.3) is 11.3 Å². The van der Waals surface area contributed by atoms with E-state index >= 15 is 0 Å². The number of aryl methyl sites for hydroxylation is 3. The first-order valence-corrected chi connectivity index (χ1v) is 9.96. The molecular weight excluding hydrogens is 382 g/mol. The van der Waals surface area contributed by atoms with E-state index in [2.05, 4.69) is 25.6 Å². The Bertz CT molecular complexity index is 1080. The highest BCUT2D eigenvalue weighted by Crippen LogP contribution is 2.22. The van der Waals surface area contributed by atoms with E-state index in [1.807, 2.05) is 43.1 Å². The predicted molar refractivity (Wildman–Crippen MR) is 111 cm³/mol. The molecule has 3 aromatic rings. The molecule has 4 rings (SSSR count). The number of pyridine rings is 1. The quantitative estimate of drug-likeness (QED) is 0.697. The zero-order chi connectivity index (χ0) is 21.1. The Morgan fingerprint density at radius 1 is 1.10 bits per heavy atom. The van der Waals surface area contributed by atoms with Crippen LogP contribution in [-0.2, 0) is 16.1 Å². The van der Waals surface area contributed by atoms with Gasteiger partial charge in [-0.1, -0.05) is 0 Å². The molecule has 4 heterocycles. The Labute approximate surface area is 174 Å². The molecule has 9 nitrogen and oxygen atoms in total. The summed E-state index contributed by atoms with van der Waals surface area (Å²) in [4.78, 5) is 29.7. The van der Waals surface area contributed by atoms with Crippen LogP contribution in [0.3, 0.4) is 0 Å². The van der Waals surface area contributed by atoms with Gasteiger partial charge in [0, 0.05) is 37.6 Å². The molecular formula is C21H24N7O2+. The lowest BCUT2D eigenvalue weighted by Crippen LogP contribution is -2.37. The average Bonchev–Trinajstić information content (AvgIpc) is 3.12. The maximum Gasteiger partial charge on any atom is 0.228 e. The molecule has 0 fully saturated rings. The van der Waals surface area contributed by atoms with Crippen molar-refractivity contribution < 1.29 is 14.6 Å². The molecule has 2 amide bonds. The summed E-state index contributed by atoms with van der Waals surface area (Å²) in [7, 11) is 0. The van der Waals surface area contributed by atoms with Gasteiger partial charge in [-0.15, -0.1) is 10.2 Å². The SMILES string of the molecule is Cc1c[nH+]cc(-c2ccc(NC(=O)CCC(=O)N3CCCn4nc(C)cc43)nn2)c1. The zero-order valence-corrected chi connectivity index (χ0v) is 17.1. The second-order valence-electron chi connectivity index (χ2n) is 7.42. The highest BCUT2D eigenvalue weighted by atomic mass is 16.2. The van der Waals surface area contributed by atoms with Crippen molar-refractivity contribution in [2.75, 3.05) is 16.8 Å². The Kier molecular flexibility index (Phi) is 5.51. The van der Waals surface area contributed by atoms with E-state index in [1.54, 1.807) is 17.0 Å². The summed E-state index contributed by atoms with van der Waals surface area (Å²) in [5.74, 6) is 0.817. The summed E-state index contributed by atoms with van der Waals surface area (Å²) in [5, 5.41) is 15.3. The number of nitrogens with one attached hydrogen (secondary N) is 2. The second kappa shape index (κ2) is 8.40. The summed E-state index contributed by atoms with van der Waals surface area (Å²) < 4.78 is 1.85. The van der Waals surface area contributed by atoms with Gasteiger partial charge in [-0.2, -0.15) is 5.10 Å². The van der Waals surface area contributed by atoms with Crippen molar-refractivity contribution in [3.8, 4) is 11.3 Å². The summed E-state index contributed by atoms with van der Waals surface area (Å²) >= 11 is 0. The number of aromatic amines is 1. The van der Waals surface area contributed by atoms with Crippen LogP contribution < -0.4 is 15.2 Å². The molecule has 0 radical (unpaired) electrons. The number of carbonyl (C=O) groups excluding carboxylic acids is 2. The highest BCUT2D eigenvalue weighted by Gasteiger charge is 2.24. The van der Waals surface area contributed by atoms with Gasteiger partial charge in [0.2, 0.25) is 11.8 Å². The van der Waals surface area contributed by atoms with E-state index in [9.17, 15) is 9.59 Å². The van der Waals surface area contributed by atoms with Crippen molar-refractivity contribution in [3.63, 3.8) is 0 Å². The van der Waals surface area contributed by atoms with E-state index in [4.69, 9.17) is 0 Å². The van der Waals surface area contributed by atoms with Gasteiger partial charge in [0.25, 0.3) is 0 Å². The van der Waals surface area contributed by atoms with Crippen molar-refractivity contribution in [2.24, 2.45) is 0 Å². The van der Waals surface area contributed by atoms with Crippen molar-refractivity contribution in [1.82, 2.24) is 20.0 Å². The number of aromatic nitrogens is 5. The topological polar surface area (TPSA) is 107 Å². The number of H-pyrrole nitrogens is 1. The predicted octanol–water partition coefficient (Wildman–Crippen LogP) is 1.93. The molecule has 0 atom stereocenters. The zero-order valence-electron chi connectivity index (χ0n) is 17.1. The van der Waals surface area contributed by atoms with E-state index in [1.165, 1.54) is 0 Å². The third-order valence-corrected chi connectivity index (χ3v) is 4.94. The van der Waals surface area contributed by atoms with E-state index in [0.717, 1.165) is 35.6 Å². The molecule has 9 heteroatoms. The third-order valence-electron chi connectivity index (χ3n) is 4.94. The number of hydrogen-bond acceptors (Lipinski definition) is 5. The first kappa shape index (κ1) is 19.7. The minimum absolute atomic E-state index is 0.0804. The van der Waals surface area contributed by atoms with Crippen LogP contribution in [0.4, 0.5) is 11.6 Å². The van der Waals surface area contributed by atoms with Gasteiger partial charge in [-0.25, -0.2) is 9.67 Å². The normalized spacial score (nSPS) is 13.1. The molecule has 2 N–H and O–H groups in total. The van der Waals surface area contributed by atoms with Gasteiger partial charge < -0.3 is 5.32 Å². The van der Waals surface area contributed by atoms with Crippen LogP contribution in [0, 0.1) is 13.8 Å². The smallest absolute Gasteiger partial charge is 0.228 e. The lowest BCUT2D eigenvalue weighted by molar-refractivity contribution is -0.377. The second-order valence-corrected chi connectivity index (χ2v) is 7.42. The molecule has 0 saturated carbocycles. The fraction of sp³-hybridized carbons (Fsp3) is 0.333. The lowest BCUT2D eigenvalue weighted by Gasteiger charge is -2.27. The Morgan fingerprint density at radius 2 is 1.97 bits per heavy atom. The summed E-state index contributed by atoms with van der Waals surface area (Å²) in [6.45, 7) is 5.35. The molecule has 0 spiro atoms. The summed E-state index contributed by atoms with van der Waals surface area (Å²) in [6, 6.07) is 7.41. The average molecular weight is 406 g/mol. The van der Waals surface area contributed by atoms with Crippen LogP contribution in [0.2, 0.25) is 0 Å².